The summed E-state index contributed by atoms with van der Waals surface area (Å²) in [6.07, 6.45) is 6.83. The zero-order valence-corrected chi connectivity index (χ0v) is 17.0. The van der Waals surface area contributed by atoms with Gasteiger partial charge >= 0.3 is 0 Å². The van der Waals surface area contributed by atoms with Crippen molar-refractivity contribution >= 4 is 17.6 Å². The molecule has 6 heteroatoms. The van der Waals surface area contributed by atoms with Crippen LogP contribution in [0.1, 0.15) is 68.6 Å². The topological polar surface area (TPSA) is 84.5 Å². The molecular weight excluding hydrogens is 368 g/mol. The standard InChI is InChI=1S/C23H30N2O4/c1-2-29-19-5-3-18(4-6-19)20(26)7-8-21(27)24-25-22(28)23-12-15-9-16(13-23)11-17(10-15)14-23/h3-6,15-17H,2,7-14H2,1H3,(H,24,27)(H,25,28). The highest BCUT2D eigenvalue weighted by molar-refractivity contribution is 5.98. The second kappa shape index (κ2) is 8.17. The number of amides is 2. The molecule has 29 heavy (non-hydrogen) atoms. The highest BCUT2D eigenvalue weighted by Gasteiger charge is 2.54. The number of carbonyl (C=O) groups excluding carboxylic acids is 3. The molecule has 1 aromatic carbocycles. The predicted molar refractivity (Wildman–Crippen MR) is 108 cm³/mol. The summed E-state index contributed by atoms with van der Waals surface area (Å²) < 4.78 is 5.36. The minimum absolute atomic E-state index is 0.0391. The molecule has 4 aliphatic rings. The van der Waals surface area contributed by atoms with Crippen molar-refractivity contribution in [3.8, 4) is 5.75 Å². The van der Waals surface area contributed by atoms with Gasteiger partial charge in [0, 0.05) is 18.4 Å². The highest BCUT2D eigenvalue weighted by atomic mass is 16.5. The van der Waals surface area contributed by atoms with Gasteiger partial charge in [-0.25, -0.2) is 0 Å². The number of ketones is 1. The molecule has 1 aromatic rings. The largest absolute Gasteiger partial charge is 0.494 e. The maximum atomic E-state index is 12.8. The first kappa shape index (κ1) is 19.9. The quantitative estimate of drug-likeness (QED) is 0.544. The van der Waals surface area contributed by atoms with Gasteiger partial charge in [0.15, 0.2) is 5.78 Å². The Hall–Kier alpha value is -2.37. The van der Waals surface area contributed by atoms with Gasteiger partial charge in [0.25, 0.3) is 0 Å². The van der Waals surface area contributed by atoms with Gasteiger partial charge in [-0.05, 0) is 87.5 Å². The summed E-state index contributed by atoms with van der Waals surface area (Å²) in [5, 5.41) is 0. The number of benzene rings is 1. The molecule has 0 atom stereocenters. The van der Waals surface area contributed by atoms with Crippen molar-refractivity contribution in [3.63, 3.8) is 0 Å². The maximum Gasteiger partial charge on any atom is 0.244 e. The van der Waals surface area contributed by atoms with Crippen molar-refractivity contribution in [2.45, 2.75) is 58.3 Å². The lowest BCUT2D eigenvalue weighted by Gasteiger charge is -2.55. The second-order valence-electron chi connectivity index (χ2n) is 9.08. The van der Waals surface area contributed by atoms with Crippen LogP contribution in [-0.2, 0) is 9.59 Å². The first-order chi connectivity index (χ1) is 14.0. The molecule has 0 unspecified atom stereocenters. The third kappa shape index (κ3) is 4.31. The molecule has 4 aliphatic carbocycles. The fourth-order valence-corrected chi connectivity index (χ4v) is 5.99. The Bertz CT molecular complexity index is 751. The van der Waals surface area contributed by atoms with E-state index >= 15 is 0 Å². The number of Topliss-reactive ketones (excluding diaryl/α,β-unsaturated/α-hetero) is 1. The molecule has 0 saturated heterocycles. The zero-order valence-electron chi connectivity index (χ0n) is 17.0. The van der Waals surface area contributed by atoms with Crippen LogP contribution in [0.15, 0.2) is 24.3 Å². The van der Waals surface area contributed by atoms with Crippen LogP contribution in [0, 0.1) is 23.2 Å². The Morgan fingerprint density at radius 2 is 1.52 bits per heavy atom. The Balaban J connectivity index is 1.23. The molecule has 2 N–H and O–H groups in total. The lowest BCUT2D eigenvalue weighted by Crippen LogP contribution is -2.56. The van der Waals surface area contributed by atoms with E-state index in [-0.39, 0.29) is 35.9 Å². The van der Waals surface area contributed by atoms with Crippen molar-refractivity contribution in [2.75, 3.05) is 6.61 Å². The van der Waals surface area contributed by atoms with Crippen molar-refractivity contribution < 1.29 is 19.1 Å². The lowest BCUT2D eigenvalue weighted by atomic mass is 9.49. The fraction of sp³-hybridized carbons (Fsp3) is 0.609. The normalized spacial score (nSPS) is 29.3. The molecular formula is C23H30N2O4. The zero-order chi connectivity index (χ0) is 20.4. The average Bonchev–Trinajstić information content (AvgIpc) is 2.70. The fourth-order valence-electron chi connectivity index (χ4n) is 5.99. The van der Waals surface area contributed by atoms with Crippen LogP contribution >= 0.6 is 0 Å². The smallest absolute Gasteiger partial charge is 0.244 e. The van der Waals surface area contributed by atoms with Crippen LogP contribution in [-0.4, -0.2) is 24.2 Å². The summed E-state index contributed by atoms with van der Waals surface area (Å²) in [7, 11) is 0. The molecule has 4 fully saturated rings. The number of rotatable bonds is 7. The average molecular weight is 399 g/mol. The van der Waals surface area contributed by atoms with Gasteiger partial charge in [0.2, 0.25) is 11.8 Å². The van der Waals surface area contributed by atoms with Gasteiger partial charge in [0.05, 0.1) is 12.0 Å². The van der Waals surface area contributed by atoms with Gasteiger partial charge in [0.1, 0.15) is 5.75 Å². The Kier molecular flexibility index (Phi) is 5.61. The molecule has 0 aliphatic heterocycles. The van der Waals surface area contributed by atoms with E-state index in [9.17, 15) is 14.4 Å². The van der Waals surface area contributed by atoms with E-state index in [0.29, 0.717) is 35.7 Å². The van der Waals surface area contributed by atoms with E-state index in [1.807, 2.05) is 6.92 Å². The molecule has 156 valence electrons. The van der Waals surface area contributed by atoms with Crippen LogP contribution in [0.4, 0.5) is 0 Å². The summed E-state index contributed by atoms with van der Waals surface area (Å²) in [4.78, 5) is 37.3. The van der Waals surface area contributed by atoms with E-state index in [1.165, 1.54) is 19.3 Å². The van der Waals surface area contributed by atoms with Gasteiger partial charge in [-0.3, -0.25) is 25.2 Å². The number of hydrogen-bond acceptors (Lipinski definition) is 4. The summed E-state index contributed by atoms with van der Waals surface area (Å²) in [6.45, 7) is 2.47. The van der Waals surface area contributed by atoms with Crippen molar-refractivity contribution in [2.24, 2.45) is 23.2 Å². The molecule has 4 bridgehead atoms. The van der Waals surface area contributed by atoms with Crippen LogP contribution in [0.25, 0.3) is 0 Å². The number of carbonyl (C=O) groups is 3. The minimum atomic E-state index is -0.331. The van der Waals surface area contributed by atoms with Crippen LogP contribution in [0.2, 0.25) is 0 Å². The molecule has 0 radical (unpaired) electrons. The number of ether oxygens (including phenoxy) is 1. The molecule has 0 aromatic heterocycles. The Morgan fingerprint density at radius 1 is 0.931 bits per heavy atom. The maximum absolute atomic E-state index is 12.8. The Morgan fingerprint density at radius 3 is 2.07 bits per heavy atom. The molecule has 6 nitrogen and oxygen atoms in total. The molecule has 0 spiro atoms. The van der Waals surface area contributed by atoms with Crippen LogP contribution in [0.5, 0.6) is 5.75 Å². The summed E-state index contributed by atoms with van der Waals surface area (Å²) >= 11 is 0. The van der Waals surface area contributed by atoms with Crippen molar-refractivity contribution in [1.29, 1.82) is 0 Å². The highest BCUT2D eigenvalue weighted by Crippen LogP contribution is 2.60. The second-order valence-corrected chi connectivity index (χ2v) is 9.08. The van der Waals surface area contributed by atoms with E-state index < -0.39 is 0 Å². The third-order valence-corrected chi connectivity index (χ3v) is 6.90. The van der Waals surface area contributed by atoms with Gasteiger partial charge in [-0.15, -0.1) is 0 Å². The monoisotopic (exact) mass is 398 g/mol. The summed E-state index contributed by atoms with van der Waals surface area (Å²) in [5.74, 6) is 2.27. The van der Waals surface area contributed by atoms with Crippen molar-refractivity contribution in [3.05, 3.63) is 29.8 Å². The van der Waals surface area contributed by atoms with Gasteiger partial charge in [-0.2, -0.15) is 0 Å². The molecule has 5 rings (SSSR count). The predicted octanol–water partition coefficient (Wildman–Crippen LogP) is 3.41. The summed E-state index contributed by atoms with van der Waals surface area (Å²) in [5.41, 5.74) is 5.45. The van der Waals surface area contributed by atoms with Crippen LogP contribution < -0.4 is 15.6 Å². The van der Waals surface area contributed by atoms with E-state index in [4.69, 9.17) is 4.74 Å². The lowest BCUT2D eigenvalue weighted by molar-refractivity contribution is -0.148. The first-order valence-electron chi connectivity index (χ1n) is 10.8. The van der Waals surface area contributed by atoms with Crippen LogP contribution in [0.3, 0.4) is 0 Å². The van der Waals surface area contributed by atoms with E-state index in [1.54, 1.807) is 24.3 Å². The van der Waals surface area contributed by atoms with Gasteiger partial charge in [-0.1, -0.05) is 0 Å². The molecule has 4 saturated carbocycles. The SMILES string of the molecule is CCOc1ccc(C(=O)CCC(=O)NNC(=O)C23CC4CC(CC(C4)C2)C3)cc1. The number of nitrogens with one attached hydrogen (secondary N) is 2. The molecule has 0 heterocycles. The van der Waals surface area contributed by atoms with Gasteiger partial charge < -0.3 is 4.74 Å². The number of hydrogen-bond donors (Lipinski definition) is 2. The first-order valence-corrected chi connectivity index (χ1v) is 10.8. The van der Waals surface area contributed by atoms with Crippen molar-refractivity contribution in [1.82, 2.24) is 10.9 Å². The van der Waals surface area contributed by atoms with E-state index in [0.717, 1.165) is 19.3 Å². The van der Waals surface area contributed by atoms with E-state index in [2.05, 4.69) is 10.9 Å². The number of hydrazine groups is 1. The molecule has 2 amide bonds. The summed E-state index contributed by atoms with van der Waals surface area (Å²) in [6, 6.07) is 6.92. The Labute approximate surface area is 171 Å². The third-order valence-electron chi connectivity index (χ3n) is 6.90. The minimum Gasteiger partial charge on any atom is -0.494 e.